The Hall–Kier alpha value is -3.39. The van der Waals surface area contributed by atoms with Crippen LogP contribution in [0.4, 0.5) is 11.4 Å². The number of likely N-dealkylation sites (tertiary alicyclic amines) is 1. The molecule has 0 bridgehead atoms. The van der Waals surface area contributed by atoms with Gasteiger partial charge in [-0.1, -0.05) is 95.5 Å². The highest BCUT2D eigenvalue weighted by Crippen LogP contribution is 2.45. The van der Waals surface area contributed by atoms with E-state index in [1.807, 2.05) is 73.8 Å². The molecule has 0 radical (unpaired) electrons. The molecule has 216 valence electrons. The largest absolute Gasteiger partial charge is 0.481 e. The lowest BCUT2D eigenvalue weighted by Gasteiger charge is -2.28. The second-order valence-electron chi connectivity index (χ2n) is 10.4. The lowest BCUT2D eigenvalue weighted by molar-refractivity contribution is -0.141. The number of halogens is 3. The van der Waals surface area contributed by atoms with Crippen molar-refractivity contribution >= 4 is 58.6 Å². The first-order valence-corrected chi connectivity index (χ1v) is 14.7. The normalized spacial score (nSPS) is 16.9. The number of amides is 1. The van der Waals surface area contributed by atoms with Crippen LogP contribution in [0.15, 0.2) is 84.9 Å². The first kappa shape index (κ1) is 30.1. The van der Waals surface area contributed by atoms with Crippen LogP contribution < -0.4 is 10.2 Å². The maximum absolute atomic E-state index is 12.8. The van der Waals surface area contributed by atoms with Crippen LogP contribution in [0.3, 0.4) is 0 Å². The molecule has 2 unspecified atom stereocenters. The van der Waals surface area contributed by atoms with Gasteiger partial charge in [0.25, 0.3) is 0 Å². The van der Waals surface area contributed by atoms with Crippen molar-refractivity contribution < 1.29 is 14.7 Å². The highest BCUT2D eigenvalue weighted by atomic mass is 35.5. The molecule has 1 fully saturated rings. The van der Waals surface area contributed by atoms with Gasteiger partial charge < -0.3 is 10.4 Å². The van der Waals surface area contributed by atoms with E-state index in [0.29, 0.717) is 59.0 Å². The zero-order chi connectivity index (χ0) is 29.8. The van der Waals surface area contributed by atoms with Crippen LogP contribution in [0, 0.1) is 5.92 Å². The number of anilines is 2. The third-order valence-corrected chi connectivity index (χ3v) is 8.64. The van der Waals surface area contributed by atoms with E-state index in [1.165, 1.54) is 4.90 Å². The third-order valence-electron chi connectivity index (χ3n) is 7.70. The van der Waals surface area contributed by atoms with Crippen LogP contribution in [0.1, 0.15) is 22.6 Å². The van der Waals surface area contributed by atoms with Gasteiger partial charge in [0, 0.05) is 42.7 Å². The number of carboxylic acids is 1. The van der Waals surface area contributed by atoms with Gasteiger partial charge in [-0.05, 0) is 53.6 Å². The van der Waals surface area contributed by atoms with Gasteiger partial charge in [0.05, 0.1) is 27.3 Å². The molecule has 0 aromatic heterocycles. The molecule has 1 aliphatic heterocycles. The highest BCUT2D eigenvalue weighted by molar-refractivity contribution is 6.40. The predicted molar refractivity (Wildman–Crippen MR) is 170 cm³/mol. The van der Waals surface area contributed by atoms with Crippen molar-refractivity contribution in [3.05, 3.63) is 117 Å². The van der Waals surface area contributed by atoms with Crippen LogP contribution >= 0.6 is 34.8 Å². The fourth-order valence-corrected chi connectivity index (χ4v) is 6.60. The highest BCUT2D eigenvalue weighted by Gasteiger charge is 2.39. The van der Waals surface area contributed by atoms with Gasteiger partial charge in [-0.3, -0.25) is 19.4 Å². The Morgan fingerprint density at radius 1 is 0.929 bits per heavy atom. The van der Waals surface area contributed by atoms with Crippen molar-refractivity contribution in [2.75, 3.05) is 25.0 Å². The average molecular weight is 623 g/mol. The van der Waals surface area contributed by atoms with Gasteiger partial charge in [0.2, 0.25) is 6.41 Å². The molecule has 0 aliphatic carbocycles. The number of hydrogen-bond donors (Lipinski definition) is 2. The SMILES string of the molecule is CNCc1c(-c2ccccc2Cl)cc(C2CN(Cc3ccccc3)CC2C(=O)O)cc1N(C=O)c1c(Cl)cccc1Cl. The fourth-order valence-electron chi connectivity index (χ4n) is 5.78. The number of carbonyl (C=O) groups excluding carboxylic acids is 1. The van der Waals surface area contributed by atoms with E-state index in [1.54, 1.807) is 18.2 Å². The molecular weight excluding hydrogens is 593 g/mol. The minimum Gasteiger partial charge on any atom is -0.481 e. The number of aliphatic carboxylic acids is 1. The Morgan fingerprint density at radius 3 is 2.24 bits per heavy atom. The molecule has 0 saturated carbocycles. The van der Waals surface area contributed by atoms with Crippen molar-refractivity contribution in [2.45, 2.75) is 19.0 Å². The van der Waals surface area contributed by atoms with E-state index in [9.17, 15) is 14.7 Å². The summed E-state index contributed by atoms with van der Waals surface area (Å²) in [5.41, 5.74) is 5.17. The maximum Gasteiger partial charge on any atom is 0.308 e. The summed E-state index contributed by atoms with van der Waals surface area (Å²) in [4.78, 5) is 29.0. The molecule has 0 spiro atoms. The summed E-state index contributed by atoms with van der Waals surface area (Å²) in [6, 6.07) is 26.5. The van der Waals surface area contributed by atoms with Crippen LogP contribution in [-0.2, 0) is 22.7 Å². The van der Waals surface area contributed by atoms with Gasteiger partial charge in [-0.2, -0.15) is 0 Å². The second kappa shape index (κ2) is 13.3. The number of benzene rings is 4. The van der Waals surface area contributed by atoms with E-state index in [-0.39, 0.29) is 5.92 Å². The van der Waals surface area contributed by atoms with Gasteiger partial charge >= 0.3 is 5.97 Å². The Bertz CT molecular complexity index is 1580. The van der Waals surface area contributed by atoms with E-state index in [0.717, 1.165) is 27.8 Å². The zero-order valence-electron chi connectivity index (χ0n) is 22.9. The standard InChI is InChI=1S/C33H30Cl3N3O3/c1-37-16-25-24(23-10-5-6-11-28(23)34)14-22(15-31(25)39(20-40)32-29(35)12-7-13-30(32)36)26-18-38(19-27(26)33(41)42)17-21-8-3-2-4-9-21/h2-15,20,26-27,37H,16-19H2,1H3,(H,41,42). The van der Waals surface area contributed by atoms with Crippen molar-refractivity contribution in [2.24, 2.45) is 5.92 Å². The number of carboxylic acid groups (broad SMARTS) is 1. The van der Waals surface area contributed by atoms with Crippen LogP contribution in [-0.4, -0.2) is 42.5 Å². The summed E-state index contributed by atoms with van der Waals surface area (Å²) in [6.07, 6.45) is 0.687. The summed E-state index contributed by atoms with van der Waals surface area (Å²) >= 11 is 19.9. The molecule has 1 aliphatic rings. The molecule has 42 heavy (non-hydrogen) atoms. The molecule has 5 rings (SSSR count). The smallest absolute Gasteiger partial charge is 0.308 e. The summed E-state index contributed by atoms with van der Waals surface area (Å²) in [6.45, 7) is 1.97. The number of para-hydroxylation sites is 1. The van der Waals surface area contributed by atoms with Gasteiger partial charge in [-0.25, -0.2) is 0 Å². The van der Waals surface area contributed by atoms with E-state index in [4.69, 9.17) is 34.8 Å². The summed E-state index contributed by atoms with van der Waals surface area (Å²) in [7, 11) is 1.82. The molecule has 1 heterocycles. The third kappa shape index (κ3) is 6.19. The van der Waals surface area contributed by atoms with Gasteiger partial charge in [0.1, 0.15) is 0 Å². The van der Waals surface area contributed by atoms with Crippen molar-refractivity contribution in [1.29, 1.82) is 0 Å². The maximum atomic E-state index is 12.8. The van der Waals surface area contributed by atoms with Crippen molar-refractivity contribution in [3.63, 3.8) is 0 Å². The number of hydrogen-bond acceptors (Lipinski definition) is 4. The minimum atomic E-state index is -0.864. The first-order valence-electron chi connectivity index (χ1n) is 13.6. The molecule has 9 heteroatoms. The average Bonchev–Trinajstić information content (AvgIpc) is 3.40. The Labute approximate surface area is 260 Å². The van der Waals surface area contributed by atoms with Gasteiger partial charge in [-0.15, -0.1) is 0 Å². The predicted octanol–water partition coefficient (Wildman–Crippen LogP) is 7.63. The molecule has 6 nitrogen and oxygen atoms in total. The lowest BCUT2D eigenvalue weighted by Crippen LogP contribution is -2.23. The molecule has 2 N–H and O–H groups in total. The number of carbonyl (C=O) groups is 2. The molecule has 4 aromatic rings. The molecule has 4 aromatic carbocycles. The number of nitrogens with zero attached hydrogens (tertiary/aromatic N) is 2. The molecule has 2 atom stereocenters. The monoisotopic (exact) mass is 621 g/mol. The Balaban J connectivity index is 1.71. The van der Waals surface area contributed by atoms with E-state index in [2.05, 4.69) is 10.2 Å². The minimum absolute atomic E-state index is 0.313. The van der Waals surface area contributed by atoms with Crippen molar-refractivity contribution in [3.8, 4) is 11.1 Å². The van der Waals surface area contributed by atoms with Crippen molar-refractivity contribution in [1.82, 2.24) is 10.2 Å². The zero-order valence-corrected chi connectivity index (χ0v) is 25.2. The van der Waals surface area contributed by atoms with E-state index < -0.39 is 11.9 Å². The topological polar surface area (TPSA) is 72.9 Å². The summed E-state index contributed by atoms with van der Waals surface area (Å²) in [5, 5.41) is 14.7. The van der Waals surface area contributed by atoms with Gasteiger partial charge in [0.15, 0.2) is 0 Å². The molecule has 1 amide bonds. The second-order valence-corrected chi connectivity index (χ2v) is 11.6. The molecular formula is C33H30Cl3N3O3. The number of nitrogens with one attached hydrogen (secondary N) is 1. The summed E-state index contributed by atoms with van der Waals surface area (Å²) in [5.74, 6) is -1.86. The fraction of sp³-hybridized carbons (Fsp3) is 0.212. The summed E-state index contributed by atoms with van der Waals surface area (Å²) < 4.78 is 0. The lowest BCUT2D eigenvalue weighted by atomic mass is 9.85. The van der Waals surface area contributed by atoms with Crippen LogP contribution in [0.2, 0.25) is 15.1 Å². The Morgan fingerprint density at radius 2 is 1.60 bits per heavy atom. The quantitative estimate of drug-likeness (QED) is 0.178. The van der Waals surface area contributed by atoms with Crippen LogP contribution in [0.5, 0.6) is 0 Å². The van der Waals surface area contributed by atoms with E-state index >= 15 is 0 Å². The van der Waals surface area contributed by atoms with Crippen LogP contribution in [0.25, 0.3) is 11.1 Å². The first-order chi connectivity index (χ1) is 20.3. The number of rotatable bonds is 10. The Kier molecular flexibility index (Phi) is 9.51. The molecule has 1 saturated heterocycles.